The van der Waals surface area contributed by atoms with Gasteiger partial charge in [-0.2, -0.15) is 0 Å². The van der Waals surface area contributed by atoms with Gasteiger partial charge < -0.3 is 4.98 Å². The number of benzene rings is 1. The molecule has 0 spiro atoms. The highest BCUT2D eigenvalue weighted by Crippen LogP contribution is 2.09. The van der Waals surface area contributed by atoms with E-state index in [0.29, 0.717) is 0 Å². The summed E-state index contributed by atoms with van der Waals surface area (Å²) in [5.74, 6) is -0.184. The molecule has 14 heavy (non-hydrogen) atoms. The molecule has 72 valence electrons. The fourth-order valence-electron chi connectivity index (χ4n) is 1.49. The molecule has 0 bridgehead atoms. The van der Waals surface area contributed by atoms with Crippen molar-refractivity contribution in [3.63, 3.8) is 0 Å². The number of aromatic amines is 1. The molecule has 0 aliphatic rings. The van der Waals surface area contributed by atoms with E-state index in [9.17, 15) is 4.39 Å². The van der Waals surface area contributed by atoms with Crippen LogP contribution in [-0.4, -0.2) is 4.98 Å². The van der Waals surface area contributed by atoms with Crippen LogP contribution in [0.5, 0.6) is 0 Å². The summed E-state index contributed by atoms with van der Waals surface area (Å²) < 4.78 is 12.6. The van der Waals surface area contributed by atoms with E-state index >= 15 is 0 Å². The summed E-state index contributed by atoms with van der Waals surface area (Å²) >= 11 is 0. The molecule has 0 amide bonds. The molecule has 0 saturated heterocycles. The third kappa shape index (κ3) is 2.02. The van der Waals surface area contributed by atoms with Crippen molar-refractivity contribution in [2.75, 3.05) is 0 Å². The Labute approximate surface area is 82.6 Å². The summed E-state index contributed by atoms with van der Waals surface area (Å²) in [5.41, 5.74) is 3.43. The van der Waals surface area contributed by atoms with Crippen LogP contribution in [0, 0.1) is 12.7 Å². The number of aromatic nitrogens is 1. The largest absolute Gasteiger partial charge is 0.362 e. The molecule has 0 fully saturated rings. The van der Waals surface area contributed by atoms with Crippen molar-refractivity contribution < 1.29 is 4.39 Å². The molecule has 1 aromatic heterocycles. The summed E-state index contributed by atoms with van der Waals surface area (Å²) in [7, 11) is 0. The van der Waals surface area contributed by atoms with Gasteiger partial charge in [-0.1, -0.05) is 12.1 Å². The fraction of sp³-hybridized carbons (Fsp3) is 0.167. The van der Waals surface area contributed by atoms with Crippen molar-refractivity contribution >= 4 is 0 Å². The van der Waals surface area contributed by atoms with E-state index in [1.807, 2.05) is 25.1 Å². The average Bonchev–Trinajstić information content (AvgIpc) is 2.56. The van der Waals surface area contributed by atoms with Gasteiger partial charge in [-0.3, -0.25) is 0 Å². The van der Waals surface area contributed by atoms with Gasteiger partial charge in [-0.05, 0) is 36.8 Å². The zero-order valence-electron chi connectivity index (χ0n) is 8.05. The molecule has 2 aromatic rings. The number of hydrogen-bond donors (Lipinski definition) is 1. The molecule has 0 saturated carbocycles. The van der Waals surface area contributed by atoms with Gasteiger partial charge in [-0.15, -0.1) is 0 Å². The molecule has 0 aliphatic carbocycles. The van der Waals surface area contributed by atoms with Crippen molar-refractivity contribution in [1.29, 1.82) is 0 Å². The van der Waals surface area contributed by atoms with Gasteiger partial charge in [0.1, 0.15) is 5.82 Å². The van der Waals surface area contributed by atoms with Crippen LogP contribution in [0.3, 0.4) is 0 Å². The van der Waals surface area contributed by atoms with Crippen molar-refractivity contribution in [2.24, 2.45) is 0 Å². The maximum absolute atomic E-state index is 12.6. The Morgan fingerprint density at radius 2 is 1.79 bits per heavy atom. The Hall–Kier alpha value is -1.57. The predicted octanol–water partition coefficient (Wildman–Crippen LogP) is 3.05. The van der Waals surface area contributed by atoms with Gasteiger partial charge in [0.2, 0.25) is 0 Å². The van der Waals surface area contributed by atoms with E-state index in [-0.39, 0.29) is 5.82 Å². The van der Waals surface area contributed by atoms with Crippen LogP contribution in [-0.2, 0) is 6.42 Å². The third-order valence-corrected chi connectivity index (χ3v) is 2.20. The molecular formula is C12H12FN. The van der Waals surface area contributed by atoms with E-state index in [4.69, 9.17) is 0 Å². The van der Waals surface area contributed by atoms with Gasteiger partial charge in [-0.25, -0.2) is 4.39 Å². The monoisotopic (exact) mass is 189 g/mol. The number of aryl methyl sites for hydroxylation is 1. The zero-order chi connectivity index (χ0) is 9.97. The molecule has 1 N–H and O–H groups in total. The first-order valence-electron chi connectivity index (χ1n) is 4.63. The Morgan fingerprint density at radius 3 is 2.36 bits per heavy atom. The lowest BCUT2D eigenvalue weighted by atomic mass is 10.1. The minimum Gasteiger partial charge on any atom is -0.362 e. The minimum absolute atomic E-state index is 0.184. The second kappa shape index (κ2) is 3.66. The standard InChI is InChI=1S/C12H12FN/c1-9-2-7-12(14-9)8-10-3-5-11(13)6-4-10/h2-7,14H,8H2,1H3. The quantitative estimate of drug-likeness (QED) is 0.747. The number of hydrogen-bond acceptors (Lipinski definition) is 0. The van der Waals surface area contributed by atoms with Gasteiger partial charge in [0.25, 0.3) is 0 Å². The first kappa shape index (κ1) is 9.00. The van der Waals surface area contributed by atoms with E-state index in [2.05, 4.69) is 11.1 Å². The number of nitrogens with one attached hydrogen (secondary N) is 1. The van der Waals surface area contributed by atoms with Crippen LogP contribution in [0.2, 0.25) is 0 Å². The highest BCUT2D eigenvalue weighted by Gasteiger charge is 1.98. The second-order valence-corrected chi connectivity index (χ2v) is 3.47. The zero-order valence-corrected chi connectivity index (χ0v) is 8.05. The van der Waals surface area contributed by atoms with Crippen LogP contribution < -0.4 is 0 Å². The molecule has 0 aliphatic heterocycles. The average molecular weight is 189 g/mol. The van der Waals surface area contributed by atoms with Crippen molar-refractivity contribution in [2.45, 2.75) is 13.3 Å². The topological polar surface area (TPSA) is 15.8 Å². The molecule has 2 rings (SSSR count). The fourth-order valence-corrected chi connectivity index (χ4v) is 1.49. The van der Waals surface area contributed by atoms with Gasteiger partial charge in [0.15, 0.2) is 0 Å². The lowest BCUT2D eigenvalue weighted by molar-refractivity contribution is 0.627. The molecular weight excluding hydrogens is 177 g/mol. The highest BCUT2D eigenvalue weighted by molar-refractivity contribution is 5.23. The van der Waals surface area contributed by atoms with Crippen LogP contribution in [0.15, 0.2) is 36.4 Å². The molecule has 0 atom stereocenters. The SMILES string of the molecule is Cc1ccc(Cc2ccc(F)cc2)[nH]1. The second-order valence-electron chi connectivity index (χ2n) is 3.47. The third-order valence-electron chi connectivity index (χ3n) is 2.20. The van der Waals surface area contributed by atoms with Crippen molar-refractivity contribution in [3.8, 4) is 0 Å². The van der Waals surface area contributed by atoms with E-state index in [1.54, 1.807) is 0 Å². The first-order valence-corrected chi connectivity index (χ1v) is 4.63. The smallest absolute Gasteiger partial charge is 0.123 e. The van der Waals surface area contributed by atoms with Crippen LogP contribution >= 0.6 is 0 Å². The molecule has 1 aromatic carbocycles. The van der Waals surface area contributed by atoms with Crippen LogP contribution in [0.25, 0.3) is 0 Å². The van der Waals surface area contributed by atoms with Gasteiger partial charge in [0.05, 0.1) is 0 Å². The van der Waals surface area contributed by atoms with Gasteiger partial charge in [0, 0.05) is 17.8 Å². The number of halogens is 1. The maximum atomic E-state index is 12.6. The van der Waals surface area contributed by atoms with E-state index in [0.717, 1.165) is 23.4 Å². The summed E-state index contributed by atoms with van der Waals surface area (Å²) in [4.78, 5) is 3.25. The number of H-pyrrole nitrogens is 1. The lowest BCUT2D eigenvalue weighted by Gasteiger charge is -1.98. The summed E-state index contributed by atoms with van der Waals surface area (Å²) in [6.07, 6.45) is 0.827. The Morgan fingerprint density at radius 1 is 1.07 bits per heavy atom. The molecule has 0 radical (unpaired) electrons. The van der Waals surface area contributed by atoms with E-state index in [1.165, 1.54) is 12.1 Å². The highest BCUT2D eigenvalue weighted by atomic mass is 19.1. The molecule has 1 nitrogen and oxygen atoms in total. The maximum Gasteiger partial charge on any atom is 0.123 e. The first-order chi connectivity index (χ1) is 6.74. The molecule has 0 unspecified atom stereocenters. The Balaban J connectivity index is 2.15. The summed E-state index contributed by atoms with van der Waals surface area (Å²) in [5, 5.41) is 0. The van der Waals surface area contributed by atoms with Crippen LogP contribution in [0.4, 0.5) is 4.39 Å². The molecule has 1 heterocycles. The minimum atomic E-state index is -0.184. The van der Waals surface area contributed by atoms with Crippen molar-refractivity contribution in [1.82, 2.24) is 4.98 Å². The predicted molar refractivity (Wildman–Crippen MR) is 54.7 cm³/mol. The summed E-state index contributed by atoms with van der Waals surface area (Å²) in [6, 6.07) is 10.7. The Bertz CT molecular complexity index is 414. The molecule has 2 heteroatoms. The number of rotatable bonds is 2. The van der Waals surface area contributed by atoms with Crippen molar-refractivity contribution in [3.05, 3.63) is 59.2 Å². The lowest BCUT2D eigenvalue weighted by Crippen LogP contribution is -1.88. The Kier molecular flexibility index (Phi) is 2.35. The van der Waals surface area contributed by atoms with Crippen LogP contribution in [0.1, 0.15) is 17.0 Å². The normalized spacial score (nSPS) is 10.4. The van der Waals surface area contributed by atoms with Gasteiger partial charge >= 0.3 is 0 Å². The van der Waals surface area contributed by atoms with E-state index < -0.39 is 0 Å². The summed E-state index contributed by atoms with van der Waals surface area (Å²) in [6.45, 7) is 2.02.